The molecule has 1 aliphatic rings. The number of aromatic nitrogens is 1. The smallest absolute Gasteiger partial charge is 0.270 e. The summed E-state index contributed by atoms with van der Waals surface area (Å²) in [6.45, 7) is 1.82. The van der Waals surface area contributed by atoms with Crippen molar-refractivity contribution in [3.8, 4) is 6.07 Å². The first-order valence-electron chi connectivity index (χ1n) is 5.67. The summed E-state index contributed by atoms with van der Waals surface area (Å²) < 4.78 is 0. The van der Waals surface area contributed by atoms with E-state index in [0.717, 1.165) is 25.9 Å². The highest BCUT2D eigenvalue weighted by molar-refractivity contribution is 5.92. The van der Waals surface area contributed by atoms with Gasteiger partial charge in [-0.1, -0.05) is 0 Å². The number of carbonyl (C=O) groups excluding carboxylic acids is 1. The number of pyridine rings is 1. The zero-order chi connectivity index (χ0) is 12.1. The Kier molecular flexibility index (Phi) is 3.68. The molecule has 5 heteroatoms. The molecule has 1 aliphatic heterocycles. The summed E-state index contributed by atoms with van der Waals surface area (Å²) in [4.78, 5) is 15.8. The topological polar surface area (TPSA) is 77.8 Å². The molecule has 1 aromatic rings. The second-order valence-electron chi connectivity index (χ2n) is 4.06. The molecule has 2 N–H and O–H groups in total. The highest BCUT2D eigenvalue weighted by atomic mass is 16.1. The molecule has 1 aromatic heterocycles. The van der Waals surface area contributed by atoms with Gasteiger partial charge in [0.05, 0.1) is 5.56 Å². The molecule has 1 fully saturated rings. The van der Waals surface area contributed by atoms with Crippen LogP contribution in [0.5, 0.6) is 0 Å². The van der Waals surface area contributed by atoms with E-state index in [1.807, 2.05) is 6.07 Å². The highest BCUT2D eigenvalue weighted by Crippen LogP contribution is 2.04. The fourth-order valence-corrected chi connectivity index (χ4v) is 1.83. The highest BCUT2D eigenvalue weighted by Gasteiger charge is 2.16. The van der Waals surface area contributed by atoms with Crippen molar-refractivity contribution in [2.24, 2.45) is 0 Å². The van der Waals surface area contributed by atoms with Gasteiger partial charge in [-0.2, -0.15) is 5.26 Å². The SMILES string of the molecule is N#Cc1ccc(C(=O)NC2CCCNC2)nc1. The van der Waals surface area contributed by atoms with E-state index in [-0.39, 0.29) is 11.9 Å². The molecule has 0 aromatic carbocycles. The monoisotopic (exact) mass is 230 g/mol. The minimum atomic E-state index is -0.178. The number of nitrogens with one attached hydrogen (secondary N) is 2. The largest absolute Gasteiger partial charge is 0.347 e. The average molecular weight is 230 g/mol. The molecule has 0 saturated carbocycles. The van der Waals surface area contributed by atoms with Crippen molar-refractivity contribution in [2.45, 2.75) is 18.9 Å². The number of nitriles is 1. The molecule has 17 heavy (non-hydrogen) atoms. The Hall–Kier alpha value is -1.93. The molecule has 0 spiro atoms. The first-order chi connectivity index (χ1) is 8.29. The summed E-state index contributed by atoms with van der Waals surface area (Å²) in [6, 6.07) is 5.32. The first kappa shape index (κ1) is 11.6. The van der Waals surface area contributed by atoms with Crippen LogP contribution in [0.1, 0.15) is 28.9 Å². The standard InChI is InChI=1S/C12H14N4O/c13-6-9-3-4-11(15-7-9)12(17)16-10-2-1-5-14-8-10/h3-4,7,10,14H,1-2,5,8H2,(H,16,17). The molecular weight excluding hydrogens is 216 g/mol. The van der Waals surface area contributed by atoms with Gasteiger partial charge in [0.2, 0.25) is 0 Å². The van der Waals surface area contributed by atoms with Gasteiger partial charge in [0, 0.05) is 18.8 Å². The van der Waals surface area contributed by atoms with Crippen LogP contribution in [-0.4, -0.2) is 30.0 Å². The molecule has 0 bridgehead atoms. The Balaban J connectivity index is 1.96. The molecule has 1 saturated heterocycles. The van der Waals surface area contributed by atoms with Crippen molar-refractivity contribution in [3.63, 3.8) is 0 Å². The van der Waals surface area contributed by atoms with E-state index < -0.39 is 0 Å². The Morgan fingerprint density at radius 1 is 1.59 bits per heavy atom. The molecule has 1 unspecified atom stereocenters. The molecule has 2 rings (SSSR count). The van der Waals surface area contributed by atoms with Gasteiger partial charge in [0.25, 0.3) is 5.91 Å². The number of hydrogen-bond donors (Lipinski definition) is 2. The first-order valence-corrected chi connectivity index (χ1v) is 5.67. The average Bonchev–Trinajstić information content (AvgIpc) is 2.40. The van der Waals surface area contributed by atoms with Gasteiger partial charge in [0.1, 0.15) is 11.8 Å². The van der Waals surface area contributed by atoms with Crippen molar-refractivity contribution < 1.29 is 4.79 Å². The Morgan fingerprint density at radius 2 is 2.47 bits per heavy atom. The lowest BCUT2D eigenvalue weighted by Gasteiger charge is -2.23. The summed E-state index contributed by atoms with van der Waals surface area (Å²) in [5.74, 6) is -0.178. The fourth-order valence-electron chi connectivity index (χ4n) is 1.83. The van der Waals surface area contributed by atoms with Crippen LogP contribution in [0, 0.1) is 11.3 Å². The number of rotatable bonds is 2. The Labute approximate surface area is 99.9 Å². The zero-order valence-corrected chi connectivity index (χ0v) is 9.44. The zero-order valence-electron chi connectivity index (χ0n) is 9.44. The van der Waals surface area contributed by atoms with Crippen LogP contribution in [-0.2, 0) is 0 Å². The number of hydrogen-bond acceptors (Lipinski definition) is 4. The van der Waals surface area contributed by atoms with E-state index in [9.17, 15) is 4.79 Å². The lowest BCUT2D eigenvalue weighted by molar-refractivity contribution is 0.0925. The maximum absolute atomic E-state index is 11.8. The normalized spacial score (nSPS) is 19.4. The quantitative estimate of drug-likeness (QED) is 0.772. The van der Waals surface area contributed by atoms with Gasteiger partial charge in [-0.15, -0.1) is 0 Å². The van der Waals surface area contributed by atoms with Crippen LogP contribution >= 0.6 is 0 Å². The minimum absolute atomic E-state index is 0.175. The van der Waals surface area contributed by atoms with Gasteiger partial charge in [-0.05, 0) is 31.5 Å². The molecule has 1 amide bonds. The summed E-state index contributed by atoms with van der Waals surface area (Å²) in [6.07, 6.45) is 3.48. The second-order valence-corrected chi connectivity index (χ2v) is 4.06. The molecular formula is C12H14N4O. The third kappa shape index (κ3) is 3.02. The minimum Gasteiger partial charge on any atom is -0.347 e. The number of amides is 1. The van der Waals surface area contributed by atoms with E-state index in [1.54, 1.807) is 12.1 Å². The molecule has 2 heterocycles. The van der Waals surface area contributed by atoms with Crippen molar-refractivity contribution >= 4 is 5.91 Å². The summed E-state index contributed by atoms with van der Waals surface area (Å²) >= 11 is 0. The molecule has 88 valence electrons. The van der Waals surface area contributed by atoms with Gasteiger partial charge in [-0.25, -0.2) is 4.98 Å². The van der Waals surface area contributed by atoms with Crippen LogP contribution < -0.4 is 10.6 Å². The lowest BCUT2D eigenvalue weighted by atomic mass is 10.1. The van der Waals surface area contributed by atoms with Gasteiger partial charge >= 0.3 is 0 Å². The second kappa shape index (κ2) is 5.41. The lowest BCUT2D eigenvalue weighted by Crippen LogP contribution is -2.45. The van der Waals surface area contributed by atoms with Crippen molar-refractivity contribution in [2.75, 3.05) is 13.1 Å². The van der Waals surface area contributed by atoms with Crippen molar-refractivity contribution in [1.29, 1.82) is 5.26 Å². The molecule has 0 aliphatic carbocycles. The summed E-state index contributed by atoms with van der Waals surface area (Å²) in [5.41, 5.74) is 0.815. The molecule has 5 nitrogen and oxygen atoms in total. The Morgan fingerprint density at radius 3 is 3.06 bits per heavy atom. The van der Waals surface area contributed by atoms with Crippen molar-refractivity contribution in [3.05, 3.63) is 29.6 Å². The maximum atomic E-state index is 11.8. The van der Waals surface area contributed by atoms with Crippen LogP contribution in [0.4, 0.5) is 0 Å². The summed E-state index contributed by atoms with van der Waals surface area (Å²) in [7, 11) is 0. The predicted octanol–water partition coefficient (Wildman–Crippen LogP) is 0.435. The third-order valence-electron chi connectivity index (χ3n) is 2.76. The van der Waals surface area contributed by atoms with Crippen LogP contribution in [0.3, 0.4) is 0 Å². The van der Waals surface area contributed by atoms with Gasteiger partial charge in [-0.3, -0.25) is 4.79 Å². The molecule has 0 radical (unpaired) electrons. The number of piperidine rings is 1. The number of carbonyl (C=O) groups is 1. The van der Waals surface area contributed by atoms with Crippen molar-refractivity contribution in [1.82, 2.24) is 15.6 Å². The van der Waals surface area contributed by atoms with E-state index in [1.165, 1.54) is 6.20 Å². The third-order valence-corrected chi connectivity index (χ3v) is 2.76. The van der Waals surface area contributed by atoms with E-state index in [2.05, 4.69) is 15.6 Å². The van der Waals surface area contributed by atoms with E-state index >= 15 is 0 Å². The van der Waals surface area contributed by atoms with Gasteiger partial charge < -0.3 is 10.6 Å². The van der Waals surface area contributed by atoms with Crippen LogP contribution in [0.15, 0.2) is 18.3 Å². The predicted molar refractivity (Wildman–Crippen MR) is 62.3 cm³/mol. The van der Waals surface area contributed by atoms with Crippen LogP contribution in [0.25, 0.3) is 0 Å². The van der Waals surface area contributed by atoms with Gasteiger partial charge in [0.15, 0.2) is 0 Å². The van der Waals surface area contributed by atoms with E-state index in [4.69, 9.17) is 5.26 Å². The fraction of sp³-hybridized carbons (Fsp3) is 0.417. The Bertz CT molecular complexity index is 429. The van der Waals surface area contributed by atoms with E-state index in [0.29, 0.717) is 11.3 Å². The maximum Gasteiger partial charge on any atom is 0.270 e. The summed E-state index contributed by atoms with van der Waals surface area (Å²) in [5, 5.41) is 14.8. The van der Waals surface area contributed by atoms with Crippen LogP contribution in [0.2, 0.25) is 0 Å². The number of nitrogens with zero attached hydrogens (tertiary/aromatic N) is 2. The molecule has 1 atom stereocenters.